The van der Waals surface area contributed by atoms with Gasteiger partial charge in [0.1, 0.15) is 5.60 Å². The Morgan fingerprint density at radius 3 is 2.64 bits per heavy atom. The maximum atomic E-state index is 12.4. The third-order valence-corrected chi connectivity index (χ3v) is 4.70. The lowest BCUT2D eigenvalue weighted by Crippen LogP contribution is -2.42. The van der Waals surface area contributed by atoms with E-state index in [0.717, 1.165) is 29.8 Å². The fourth-order valence-electron chi connectivity index (χ4n) is 3.38. The average molecular weight is 381 g/mol. The molecule has 1 unspecified atom stereocenters. The molecule has 6 nitrogen and oxygen atoms in total. The molecule has 0 saturated carbocycles. The van der Waals surface area contributed by atoms with Gasteiger partial charge >= 0.3 is 6.09 Å². The normalized spacial score (nSPS) is 17.2. The number of benzene rings is 1. The first-order valence-corrected chi connectivity index (χ1v) is 9.58. The lowest BCUT2D eigenvalue weighted by atomic mass is 9.94. The Kier molecular flexibility index (Phi) is 5.68. The second-order valence-electron chi connectivity index (χ2n) is 8.16. The number of carbonyl (C=O) groups is 2. The van der Waals surface area contributed by atoms with Gasteiger partial charge in [0.25, 0.3) is 0 Å². The lowest BCUT2D eigenvalue weighted by molar-refractivity contribution is 0.0197. The number of hydrogen-bond acceptors (Lipinski definition) is 4. The summed E-state index contributed by atoms with van der Waals surface area (Å²) in [5.41, 5.74) is 7.91. The van der Waals surface area contributed by atoms with Crippen LogP contribution in [-0.2, 0) is 4.74 Å². The number of nitrogens with zero attached hydrogens (tertiary/aromatic N) is 2. The second kappa shape index (κ2) is 8.00. The number of aromatic nitrogens is 1. The van der Waals surface area contributed by atoms with Crippen LogP contribution in [0.3, 0.4) is 0 Å². The number of nitrogens with two attached hydrogens (primary N) is 1. The van der Waals surface area contributed by atoms with E-state index in [2.05, 4.69) is 0 Å². The van der Waals surface area contributed by atoms with Gasteiger partial charge in [-0.2, -0.15) is 0 Å². The number of piperidine rings is 1. The Balaban J connectivity index is 1.79. The third kappa shape index (κ3) is 4.88. The van der Waals surface area contributed by atoms with E-state index in [1.807, 2.05) is 45.0 Å². The molecule has 3 rings (SSSR count). The number of amides is 2. The van der Waals surface area contributed by atoms with E-state index in [1.54, 1.807) is 23.1 Å². The van der Waals surface area contributed by atoms with Crippen LogP contribution in [0.1, 0.15) is 55.6 Å². The molecule has 1 aliphatic heterocycles. The van der Waals surface area contributed by atoms with Crippen molar-refractivity contribution in [1.29, 1.82) is 0 Å². The molecule has 2 N–H and O–H groups in total. The van der Waals surface area contributed by atoms with Crippen molar-refractivity contribution in [2.75, 3.05) is 13.1 Å². The van der Waals surface area contributed by atoms with Gasteiger partial charge in [-0.3, -0.25) is 9.78 Å². The van der Waals surface area contributed by atoms with Crippen molar-refractivity contribution in [1.82, 2.24) is 9.88 Å². The average Bonchev–Trinajstić information content (AvgIpc) is 2.67. The van der Waals surface area contributed by atoms with Crippen molar-refractivity contribution in [3.8, 4) is 11.3 Å². The van der Waals surface area contributed by atoms with Crippen LogP contribution in [0.4, 0.5) is 4.79 Å². The molecule has 1 fully saturated rings. The first-order chi connectivity index (χ1) is 13.2. The summed E-state index contributed by atoms with van der Waals surface area (Å²) in [5.74, 6) is -0.307. The monoisotopic (exact) mass is 381 g/mol. The molecule has 28 heavy (non-hydrogen) atoms. The largest absolute Gasteiger partial charge is 0.444 e. The minimum absolute atomic E-state index is 0.153. The van der Waals surface area contributed by atoms with E-state index in [-0.39, 0.29) is 12.0 Å². The molecule has 2 aromatic rings. The predicted molar refractivity (Wildman–Crippen MR) is 108 cm³/mol. The zero-order valence-electron chi connectivity index (χ0n) is 16.6. The summed E-state index contributed by atoms with van der Waals surface area (Å²) in [6.07, 6.45) is 1.60. The smallest absolute Gasteiger partial charge is 0.410 e. The van der Waals surface area contributed by atoms with E-state index in [1.165, 1.54) is 0 Å². The second-order valence-corrected chi connectivity index (χ2v) is 8.16. The van der Waals surface area contributed by atoms with Gasteiger partial charge in [-0.15, -0.1) is 0 Å². The molecule has 0 aliphatic carbocycles. The Morgan fingerprint density at radius 1 is 1.18 bits per heavy atom. The molecule has 0 spiro atoms. The molecule has 1 aromatic heterocycles. The van der Waals surface area contributed by atoms with Gasteiger partial charge < -0.3 is 15.4 Å². The highest BCUT2D eigenvalue weighted by Crippen LogP contribution is 2.28. The minimum Gasteiger partial charge on any atom is -0.444 e. The fourth-order valence-corrected chi connectivity index (χ4v) is 3.38. The van der Waals surface area contributed by atoms with Crippen LogP contribution in [0.2, 0.25) is 0 Å². The summed E-state index contributed by atoms with van der Waals surface area (Å²) in [5, 5.41) is 0. The number of hydrogen-bond donors (Lipinski definition) is 1. The van der Waals surface area contributed by atoms with Gasteiger partial charge in [-0.05, 0) is 57.9 Å². The van der Waals surface area contributed by atoms with Crippen molar-refractivity contribution in [3.05, 3.63) is 53.7 Å². The maximum Gasteiger partial charge on any atom is 0.410 e. The zero-order chi connectivity index (χ0) is 20.3. The molecule has 2 heterocycles. The number of primary amides is 1. The first kappa shape index (κ1) is 19.9. The molecule has 1 saturated heterocycles. The van der Waals surface area contributed by atoms with Crippen molar-refractivity contribution in [2.45, 2.75) is 45.1 Å². The van der Waals surface area contributed by atoms with Crippen LogP contribution in [0, 0.1) is 0 Å². The molecule has 6 heteroatoms. The third-order valence-electron chi connectivity index (χ3n) is 4.70. The summed E-state index contributed by atoms with van der Waals surface area (Å²) in [4.78, 5) is 30.4. The van der Waals surface area contributed by atoms with Gasteiger partial charge in [0.15, 0.2) is 0 Å². The van der Waals surface area contributed by atoms with Crippen LogP contribution in [0.5, 0.6) is 0 Å². The quantitative estimate of drug-likeness (QED) is 0.872. The molecule has 2 amide bonds. The number of rotatable bonds is 3. The van der Waals surface area contributed by atoms with E-state index < -0.39 is 11.5 Å². The number of carbonyl (C=O) groups excluding carboxylic acids is 2. The van der Waals surface area contributed by atoms with E-state index in [4.69, 9.17) is 15.5 Å². The van der Waals surface area contributed by atoms with E-state index in [9.17, 15) is 9.59 Å². The van der Waals surface area contributed by atoms with Gasteiger partial charge in [0.05, 0.1) is 5.69 Å². The van der Waals surface area contributed by atoms with Crippen LogP contribution in [-0.4, -0.2) is 40.6 Å². The minimum atomic E-state index is -0.506. The molecule has 148 valence electrons. The Hall–Kier alpha value is -2.89. The Bertz CT molecular complexity index is 873. The highest BCUT2D eigenvalue weighted by molar-refractivity contribution is 5.94. The number of ether oxygens (including phenoxy) is 1. The summed E-state index contributed by atoms with van der Waals surface area (Å²) in [6, 6.07) is 13.0. The van der Waals surface area contributed by atoms with Gasteiger partial charge in [0.2, 0.25) is 5.91 Å². The number of likely N-dealkylation sites (tertiary alicyclic amines) is 1. The van der Waals surface area contributed by atoms with Gasteiger partial charge in [-0.25, -0.2) is 4.79 Å². The highest BCUT2D eigenvalue weighted by atomic mass is 16.6. The Labute approximate surface area is 165 Å². The summed E-state index contributed by atoms with van der Waals surface area (Å²) >= 11 is 0. The van der Waals surface area contributed by atoms with Crippen molar-refractivity contribution < 1.29 is 14.3 Å². The fraction of sp³-hybridized carbons (Fsp3) is 0.409. The summed E-state index contributed by atoms with van der Waals surface area (Å²) in [7, 11) is 0. The molecular formula is C22H27N3O3. The van der Waals surface area contributed by atoms with Crippen molar-refractivity contribution >= 4 is 12.0 Å². The zero-order valence-corrected chi connectivity index (χ0v) is 16.6. The molecule has 1 aromatic carbocycles. The van der Waals surface area contributed by atoms with Crippen LogP contribution < -0.4 is 5.73 Å². The van der Waals surface area contributed by atoms with Crippen LogP contribution in [0.25, 0.3) is 11.3 Å². The summed E-state index contributed by atoms with van der Waals surface area (Å²) < 4.78 is 5.51. The van der Waals surface area contributed by atoms with Gasteiger partial charge in [-0.1, -0.05) is 18.2 Å². The number of pyridine rings is 1. The van der Waals surface area contributed by atoms with E-state index >= 15 is 0 Å². The SMILES string of the molecule is CC(C)(C)OC(=O)N1CCCC(c2cccc(-c3cccc(C(N)=O)c3)n2)C1. The molecule has 0 bridgehead atoms. The highest BCUT2D eigenvalue weighted by Gasteiger charge is 2.29. The van der Waals surface area contributed by atoms with Crippen LogP contribution >= 0.6 is 0 Å². The van der Waals surface area contributed by atoms with Crippen molar-refractivity contribution in [2.24, 2.45) is 5.73 Å². The molecule has 1 atom stereocenters. The van der Waals surface area contributed by atoms with Gasteiger partial charge in [0, 0.05) is 35.8 Å². The van der Waals surface area contributed by atoms with E-state index in [0.29, 0.717) is 18.7 Å². The Morgan fingerprint density at radius 2 is 1.93 bits per heavy atom. The summed E-state index contributed by atoms with van der Waals surface area (Å²) in [6.45, 7) is 6.91. The van der Waals surface area contributed by atoms with Crippen molar-refractivity contribution in [3.63, 3.8) is 0 Å². The molecular weight excluding hydrogens is 354 g/mol. The maximum absolute atomic E-state index is 12.4. The molecule has 0 radical (unpaired) electrons. The topological polar surface area (TPSA) is 85.5 Å². The molecule has 1 aliphatic rings. The van der Waals surface area contributed by atoms with Crippen LogP contribution in [0.15, 0.2) is 42.5 Å². The predicted octanol–water partition coefficient (Wildman–Crippen LogP) is 3.96. The standard InChI is InChI=1S/C22H27N3O3/c1-22(2,3)28-21(27)25-12-6-9-17(14-25)19-11-5-10-18(24-19)15-7-4-8-16(13-15)20(23)26/h4-5,7-8,10-11,13,17H,6,9,12,14H2,1-3H3,(H2,23,26). The first-order valence-electron chi connectivity index (χ1n) is 9.58. The lowest BCUT2D eigenvalue weighted by Gasteiger charge is -2.34.